The van der Waals surface area contributed by atoms with Gasteiger partial charge in [-0.05, 0) is 30.9 Å². The van der Waals surface area contributed by atoms with E-state index in [1.54, 1.807) is 18.3 Å². The van der Waals surface area contributed by atoms with Crippen molar-refractivity contribution in [1.82, 2.24) is 14.5 Å². The zero-order valence-corrected chi connectivity index (χ0v) is 11.4. The molecule has 6 nitrogen and oxygen atoms in total. The van der Waals surface area contributed by atoms with E-state index in [9.17, 15) is 9.59 Å². The van der Waals surface area contributed by atoms with Crippen LogP contribution in [0.15, 0.2) is 27.5 Å². The van der Waals surface area contributed by atoms with Gasteiger partial charge in [0.25, 0.3) is 0 Å². The van der Waals surface area contributed by atoms with Gasteiger partial charge < -0.3 is 9.32 Å². The molecule has 1 amide bonds. The highest BCUT2D eigenvalue weighted by molar-refractivity contribution is 5.78. The molecule has 20 heavy (non-hydrogen) atoms. The van der Waals surface area contributed by atoms with Gasteiger partial charge in [0.2, 0.25) is 5.91 Å². The van der Waals surface area contributed by atoms with Gasteiger partial charge in [-0.2, -0.15) is 0 Å². The number of pyridine rings is 1. The van der Waals surface area contributed by atoms with Crippen LogP contribution >= 0.6 is 0 Å². The molecule has 0 atom stereocenters. The summed E-state index contributed by atoms with van der Waals surface area (Å²) in [6, 6.07) is 3.37. The van der Waals surface area contributed by atoms with Crippen molar-refractivity contribution in [2.45, 2.75) is 26.3 Å². The molecule has 0 N–H and O–H groups in total. The molecular weight excluding hydrogens is 258 g/mol. The van der Waals surface area contributed by atoms with Gasteiger partial charge in [0.15, 0.2) is 11.2 Å². The quantitative estimate of drug-likeness (QED) is 0.827. The minimum atomic E-state index is -0.530. The number of oxazole rings is 1. The molecule has 0 unspecified atom stereocenters. The number of fused-ring (bicyclic) bond motifs is 1. The van der Waals surface area contributed by atoms with Crippen molar-refractivity contribution in [2.75, 3.05) is 13.1 Å². The van der Waals surface area contributed by atoms with Crippen LogP contribution in [0.1, 0.15) is 19.8 Å². The monoisotopic (exact) mass is 275 g/mol. The maximum absolute atomic E-state index is 12.3. The number of piperidine rings is 1. The molecule has 6 heteroatoms. The number of hydrogen-bond donors (Lipinski definition) is 0. The predicted octanol–water partition coefficient (Wildman–Crippen LogP) is 1.25. The maximum Gasteiger partial charge on any atom is 0.421 e. The molecule has 2 aromatic rings. The van der Waals surface area contributed by atoms with Gasteiger partial charge in [-0.1, -0.05) is 6.92 Å². The molecule has 0 aromatic carbocycles. The van der Waals surface area contributed by atoms with Crippen LogP contribution < -0.4 is 5.76 Å². The van der Waals surface area contributed by atoms with Crippen molar-refractivity contribution >= 4 is 17.1 Å². The number of rotatable bonds is 2. The zero-order valence-electron chi connectivity index (χ0n) is 11.4. The average Bonchev–Trinajstić information content (AvgIpc) is 2.76. The lowest BCUT2D eigenvalue weighted by Gasteiger charge is -2.30. The summed E-state index contributed by atoms with van der Waals surface area (Å²) in [6.45, 7) is 3.72. The molecule has 106 valence electrons. The van der Waals surface area contributed by atoms with Gasteiger partial charge in [0.1, 0.15) is 6.54 Å². The van der Waals surface area contributed by atoms with Gasteiger partial charge >= 0.3 is 5.76 Å². The summed E-state index contributed by atoms with van der Waals surface area (Å²) >= 11 is 0. The van der Waals surface area contributed by atoms with Crippen LogP contribution in [0.2, 0.25) is 0 Å². The van der Waals surface area contributed by atoms with Crippen molar-refractivity contribution in [3.63, 3.8) is 0 Å². The van der Waals surface area contributed by atoms with Crippen LogP contribution in [-0.4, -0.2) is 33.4 Å². The smallest absolute Gasteiger partial charge is 0.406 e. The van der Waals surface area contributed by atoms with Crippen LogP contribution in [0.5, 0.6) is 0 Å². The third-order valence-electron chi connectivity index (χ3n) is 3.85. The molecule has 0 radical (unpaired) electrons. The highest BCUT2D eigenvalue weighted by Crippen LogP contribution is 2.16. The van der Waals surface area contributed by atoms with Gasteiger partial charge in [-0.25, -0.2) is 14.3 Å². The van der Waals surface area contributed by atoms with E-state index in [-0.39, 0.29) is 12.5 Å². The number of amides is 1. The first-order valence-corrected chi connectivity index (χ1v) is 6.87. The van der Waals surface area contributed by atoms with Crippen molar-refractivity contribution in [2.24, 2.45) is 5.92 Å². The van der Waals surface area contributed by atoms with Crippen LogP contribution in [0.25, 0.3) is 11.2 Å². The minimum absolute atomic E-state index is 0.00275. The second-order valence-corrected chi connectivity index (χ2v) is 5.34. The molecule has 2 aromatic heterocycles. The molecule has 1 saturated heterocycles. The van der Waals surface area contributed by atoms with E-state index in [1.165, 1.54) is 4.57 Å². The Labute approximate surface area is 116 Å². The molecular formula is C14H17N3O3. The summed E-state index contributed by atoms with van der Waals surface area (Å²) in [5, 5.41) is 0. The molecule has 1 aliphatic heterocycles. The van der Waals surface area contributed by atoms with E-state index in [0.717, 1.165) is 25.9 Å². The highest BCUT2D eigenvalue weighted by atomic mass is 16.4. The fraction of sp³-hybridized carbons (Fsp3) is 0.500. The predicted molar refractivity (Wildman–Crippen MR) is 73.2 cm³/mol. The van der Waals surface area contributed by atoms with Crippen LogP contribution in [0, 0.1) is 5.92 Å². The summed E-state index contributed by atoms with van der Waals surface area (Å²) < 4.78 is 6.38. The molecule has 3 rings (SSSR count). The second-order valence-electron chi connectivity index (χ2n) is 5.34. The zero-order chi connectivity index (χ0) is 14.1. The normalized spacial score (nSPS) is 16.8. The fourth-order valence-electron chi connectivity index (χ4n) is 2.53. The fourth-order valence-corrected chi connectivity index (χ4v) is 2.53. The maximum atomic E-state index is 12.3. The number of nitrogens with zero attached hydrogens (tertiary/aromatic N) is 3. The van der Waals surface area contributed by atoms with E-state index in [1.807, 2.05) is 4.90 Å². The Kier molecular flexibility index (Phi) is 3.30. The number of carbonyl (C=O) groups excluding carboxylic acids is 1. The standard InChI is InChI=1S/C14H17N3O3/c1-10-4-7-16(8-5-10)12(18)9-17-13-11(20-14(17)19)3-2-6-15-13/h2-3,6,10H,4-5,7-9H2,1H3. The van der Waals surface area contributed by atoms with E-state index in [2.05, 4.69) is 11.9 Å². The van der Waals surface area contributed by atoms with Crippen LogP contribution in [-0.2, 0) is 11.3 Å². The average molecular weight is 275 g/mol. The van der Waals surface area contributed by atoms with Crippen molar-refractivity contribution in [3.8, 4) is 0 Å². The van der Waals surface area contributed by atoms with Crippen LogP contribution in [0.3, 0.4) is 0 Å². The van der Waals surface area contributed by atoms with Gasteiger partial charge in [-0.15, -0.1) is 0 Å². The Hall–Kier alpha value is -2.11. The second kappa shape index (κ2) is 5.11. The Morgan fingerprint density at radius 2 is 2.20 bits per heavy atom. The minimum Gasteiger partial charge on any atom is -0.406 e. The summed E-state index contributed by atoms with van der Waals surface area (Å²) in [6.07, 6.45) is 3.62. The molecule has 0 bridgehead atoms. The van der Waals surface area contributed by atoms with Crippen molar-refractivity contribution in [1.29, 1.82) is 0 Å². The number of hydrogen-bond acceptors (Lipinski definition) is 4. The van der Waals surface area contributed by atoms with Gasteiger partial charge in [0, 0.05) is 19.3 Å². The molecule has 0 saturated carbocycles. The van der Waals surface area contributed by atoms with Crippen molar-refractivity contribution in [3.05, 3.63) is 28.9 Å². The summed E-state index contributed by atoms with van der Waals surface area (Å²) in [5.74, 6) is 0.0861. The van der Waals surface area contributed by atoms with Crippen LogP contribution in [0.4, 0.5) is 0 Å². The topological polar surface area (TPSA) is 68.3 Å². The number of likely N-dealkylation sites (tertiary alicyclic amines) is 1. The van der Waals surface area contributed by atoms with E-state index < -0.39 is 5.76 Å². The molecule has 1 fully saturated rings. The summed E-state index contributed by atoms with van der Waals surface area (Å²) in [4.78, 5) is 30.0. The lowest BCUT2D eigenvalue weighted by Crippen LogP contribution is -2.40. The first kappa shape index (κ1) is 12.9. The number of carbonyl (C=O) groups is 1. The third kappa shape index (κ3) is 2.33. The largest absolute Gasteiger partial charge is 0.421 e. The molecule has 0 aliphatic carbocycles. The van der Waals surface area contributed by atoms with E-state index >= 15 is 0 Å². The van der Waals surface area contributed by atoms with E-state index in [4.69, 9.17) is 4.42 Å². The first-order valence-electron chi connectivity index (χ1n) is 6.87. The SMILES string of the molecule is CC1CCN(C(=O)Cn2c(=O)oc3cccnc32)CC1. The lowest BCUT2D eigenvalue weighted by atomic mass is 9.99. The Balaban J connectivity index is 1.81. The Morgan fingerprint density at radius 3 is 2.95 bits per heavy atom. The Morgan fingerprint density at radius 1 is 1.45 bits per heavy atom. The third-order valence-corrected chi connectivity index (χ3v) is 3.85. The number of aromatic nitrogens is 2. The highest BCUT2D eigenvalue weighted by Gasteiger charge is 2.22. The molecule has 0 spiro atoms. The summed E-state index contributed by atoms with van der Waals surface area (Å²) in [7, 11) is 0. The first-order chi connectivity index (χ1) is 9.65. The van der Waals surface area contributed by atoms with Gasteiger partial charge in [0.05, 0.1) is 0 Å². The summed E-state index contributed by atoms with van der Waals surface area (Å²) in [5.41, 5.74) is 0.841. The molecule has 3 heterocycles. The van der Waals surface area contributed by atoms with Crippen molar-refractivity contribution < 1.29 is 9.21 Å². The Bertz CT molecular complexity index is 680. The van der Waals surface area contributed by atoms with Gasteiger partial charge in [-0.3, -0.25) is 4.79 Å². The van der Waals surface area contributed by atoms with E-state index in [0.29, 0.717) is 17.1 Å². The molecule has 1 aliphatic rings. The lowest BCUT2D eigenvalue weighted by molar-refractivity contribution is -0.133.